The predicted molar refractivity (Wildman–Crippen MR) is 99.3 cm³/mol. The lowest BCUT2D eigenvalue weighted by molar-refractivity contribution is -0.156. The van der Waals surface area contributed by atoms with Gasteiger partial charge in [0.15, 0.2) is 0 Å². The van der Waals surface area contributed by atoms with E-state index in [1.165, 1.54) is 9.80 Å². The van der Waals surface area contributed by atoms with Crippen LogP contribution in [-0.4, -0.2) is 69.9 Å². The number of imide groups is 2. The van der Waals surface area contributed by atoms with Crippen LogP contribution >= 0.6 is 0 Å². The molecule has 10 atom stereocenters. The summed E-state index contributed by atoms with van der Waals surface area (Å²) >= 11 is 0. The maximum absolute atomic E-state index is 13.3. The normalized spacial score (nSPS) is 50.4. The molecule has 0 spiro atoms. The summed E-state index contributed by atoms with van der Waals surface area (Å²) in [5.41, 5.74) is 0. The first-order valence-corrected chi connectivity index (χ1v) is 11.0. The van der Waals surface area contributed by atoms with Gasteiger partial charge in [-0.2, -0.15) is 0 Å². The monoisotopic (exact) mass is 410 g/mol. The van der Waals surface area contributed by atoms with E-state index in [1.807, 2.05) is 24.3 Å². The van der Waals surface area contributed by atoms with Crippen molar-refractivity contribution in [3.05, 3.63) is 24.3 Å². The fourth-order valence-electron chi connectivity index (χ4n) is 7.00. The fourth-order valence-corrected chi connectivity index (χ4v) is 7.00. The summed E-state index contributed by atoms with van der Waals surface area (Å²) in [5.74, 6) is -2.68. The molecule has 0 aromatic rings. The van der Waals surface area contributed by atoms with E-state index in [2.05, 4.69) is 0 Å². The van der Waals surface area contributed by atoms with Gasteiger partial charge in [-0.3, -0.25) is 29.0 Å². The van der Waals surface area contributed by atoms with Gasteiger partial charge >= 0.3 is 0 Å². The summed E-state index contributed by atoms with van der Waals surface area (Å²) in [4.78, 5) is 56.0. The summed E-state index contributed by atoms with van der Waals surface area (Å²) in [5, 5.41) is 0. The average Bonchev–Trinajstić information content (AvgIpc) is 3.56. The lowest BCUT2D eigenvalue weighted by Crippen LogP contribution is -2.58. The molecular formula is C22H22N2O6. The Morgan fingerprint density at radius 3 is 1.17 bits per heavy atom. The molecule has 0 N–H and O–H groups in total. The molecule has 6 aliphatic heterocycles. The van der Waals surface area contributed by atoms with Crippen LogP contribution in [0.2, 0.25) is 0 Å². The molecule has 5 fully saturated rings. The van der Waals surface area contributed by atoms with Crippen molar-refractivity contribution >= 4 is 23.6 Å². The molecule has 0 aromatic carbocycles. The highest BCUT2D eigenvalue weighted by atomic mass is 16.5. The van der Waals surface area contributed by atoms with Crippen LogP contribution in [0.1, 0.15) is 25.7 Å². The van der Waals surface area contributed by atoms with E-state index < -0.39 is 35.8 Å². The van der Waals surface area contributed by atoms with Gasteiger partial charge in [-0.05, 0) is 12.8 Å². The number of nitrogens with zero attached hydrogens (tertiary/aromatic N) is 2. The van der Waals surface area contributed by atoms with Gasteiger partial charge in [0, 0.05) is 0 Å². The Balaban J connectivity index is 1.22. The Hall–Kier alpha value is -2.32. The van der Waals surface area contributed by atoms with Gasteiger partial charge in [-0.25, -0.2) is 0 Å². The van der Waals surface area contributed by atoms with Crippen LogP contribution in [-0.2, 0) is 28.7 Å². The van der Waals surface area contributed by atoms with E-state index in [0.29, 0.717) is 12.8 Å². The minimum absolute atomic E-state index is 0.205. The third kappa shape index (κ3) is 1.90. The summed E-state index contributed by atoms with van der Waals surface area (Å²) in [6, 6.07) is -0.885. The maximum Gasteiger partial charge on any atom is 0.236 e. The molecule has 4 amide bonds. The molecule has 1 saturated carbocycles. The second-order valence-corrected chi connectivity index (χ2v) is 9.52. The van der Waals surface area contributed by atoms with E-state index in [-0.39, 0.29) is 48.0 Å². The summed E-state index contributed by atoms with van der Waals surface area (Å²) < 4.78 is 11.5. The summed E-state index contributed by atoms with van der Waals surface area (Å²) in [7, 11) is 0. The number of likely N-dealkylation sites (tertiary alicyclic amines) is 2. The Labute approximate surface area is 172 Å². The lowest BCUT2D eigenvalue weighted by atomic mass is 9.85. The van der Waals surface area contributed by atoms with E-state index in [0.717, 1.165) is 12.8 Å². The molecule has 8 heteroatoms. The molecule has 4 bridgehead atoms. The van der Waals surface area contributed by atoms with Gasteiger partial charge in [0.2, 0.25) is 23.6 Å². The molecule has 7 rings (SSSR count). The first kappa shape index (κ1) is 17.4. The molecule has 156 valence electrons. The molecule has 4 saturated heterocycles. The largest absolute Gasteiger partial charge is 0.365 e. The van der Waals surface area contributed by atoms with Crippen molar-refractivity contribution in [2.75, 3.05) is 0 Å². The zero-order valence-electron chi connectivity index (χ0n) is 16.3. The van der Waals surface area contributed by atoms with Gasteiger partial charge in [-0.1, -0.05) is 37.1 Å². The Morgan fingerprint density at radius 1 is 0.567 bits per heavy atom. The highest BCUT2D eigenvalue weighted by molar-refractivity contribution is 6.09. The highest BCUT2D eigenvalue weighted by Gasteiger charge is 2.65. The molecule has 8 nitrogen and oxygen atoms in total. The van der Waals surface area contributed by atoms with Crippen molar-refractivity contribution in [1.29, 1.82) is 0 Å². The van der Waals surface area contributed by atoms with Crippen LogP contribution in [0.25, 0.3) is 0 Å². The fraction of sp³-hybridized carbons (Fsp3) is 0.636. The number of ether oxygens (including phenoxy) is 2. The van der Waals surface area contributed by atoms with Crippen LogP contribution in [0.4, 0.5) is 0 Å². The molecule has 10 unspecified atom stereocenters. The summed E-state index contributed by atoms with van der Waals surface area (Å²) in [6.45, 7) is 0. The minimum Gasteiger partial charge on any atom is -0.365 e. The minimum atomic E-state index is -0.465. The first-order chi connectivity index (χ1) is 14.6. The number of hydrogen-bond acceptors (Lipinski definition) is 6. The summed E-state index contributed by atoms with van der Waals surface area (Å²) in [6.07, 6.45) is 9.13. The molecule has 7 aliphatic rings. The third-order valence-electron chi connectivity index (χ3n) is 8.25. The van der Waals surface area contributed by atoms with Crippen LogP contribution in [0.3, 0.4) is 0 Å². The zero-order chi connectivity index (χ0) is 20.3. The van der Waals surface area contributed by atoms with Crippen molar-refractivity contribution in [1.82, 2.24) is 9.80 Å². The second-order valence-electron chi connectivity index (χ2n) is 9.52. The molecular weight excluding hydrogens is 388 g/mol. The first-order valence-electron chi connectivity index (χ1n) is 11.0. The number of amides is 4. The zero-order valence-corrected chi connectivity index (χ0v) is 16.3. The lowest BCUT2D eigenvalue weighted by Gasteiger charge is -2.41. The number of carbonyl (C=O) groups is 4. The van der Waals surface area contributed by atoms with Gasteiger partial charge in [0.25, 0.3) is 0 Å². The predicted octanol–water partition coefficient (Wildman–Crippen LogP) is 0.174. The quantitative estimate of drug-likeness (QED) is 0.476. The Kier molecular flexibility index (Phi) is 3.29. The van der Waals surface area contributed by atoms with E-state index in [9.17, 15) is 19.2 Å². The molecule has 1 aliphatic carbocycles. The van der Waals surface area contributed by atoms with Crippen LogP contribution < -0.4 is 0 Å². The van der Waals surface area contributed by atoms with Crippen LogP contribution in [0, 0.1) is 23.7 Å². The standard InChI is InChI=1S/C22H22N2O6/c25-19-15-11-5-6-12(29-11)16(15)20(26)23(19)9-3-1-2-4-10(9)24-21(27)17-13-7-8-14(30-13)18(17)22(24)28/h5-18H,1-4H2. The third-order valence-corrected chi connectivity index (χ3v) is 8.25. The number of carbonyl (C=O) groups excluding carboxylic acids is 4. The Bertz CT molecular complexity index is 821. The van der Waals surface area contributed by atoms with Gasteiger partial charge in [0.05, 0.1) is 60.2 Å². The van der Waals surface area contributed by atoms with Crippen LogP contribution in [0.15, 0.2) is 24.3 Å². The maximum atomic E-state index is 13.3. The molecule has 6 heterocycles. The van der Waals surface area contributed by atoms with Crippen molar-refractivity contribution in [3.63, 3.8) is 0 Å². The molecule has 30 heavy (non-hydrogen) atoms. The molecule has 0 aromatic heterocycles. The topological polar surface area (TPSA) is 93.2 Å². The number of rotatable bonds is 2. The van der Waals surface area contributed by atoms with E-state index in [4.69, 9.17) is 9.47 Å². The van der Waals surface area contributed by atoms with Gasteiger partial charge in [0.1, 0.15) is 0 Å². The second kappa shape index (κ2) is 5.68. The van der Waals surface area contributed by atoms with Gasteiger partial charge < -0.3 is 9.47 Å². The number of fused-ring (bicyclic) bond motifs is 10. The Morgan fingerprint density at radius 2 is 0.867 bits per heavy atom. The smallest absolute Gasteiger partial charge is 0.236 e. The van der Waals surface area contributed by atoms with Crippen LogP contribution in [0.5, 0.6) is 0 Å². The number of hydrogen-bond donors (Lipinski definition) is 0. The van der Waals surface area contributed by atoms with Crippen molar-refractivity contribution in [2.45, 2.75) is 62.2 Å². The van der Waals surface area contributed by atoms with E-state index >= 15 is 0 Å². The van der Waals surface area contributed by atoms with Crippen molar-refractivity contribution in [3.8, 4) is 0 Å². The van der Waals surface area contributed by atoms with Crippen molar-refractivity contribution in [2.24, 2.45) is 23.7 Å². The van der Waals surface area contributed by atoms with E-state index in [1.54, 1.807) is 0 Å². The average molecular weight is 410 g/mol. The highest BCUT2D eigenvalue weighted by Crippen LogP contribution is 2.49. The van der Waals surface area contributed by atoms with Gasteiger partial charge in [-0.15, -0.1) is 0 Å². The molecule has 0 radical (unpaired) electrons. The SMILES string of the molecule is O=C1C2C3C=CC(O3)C2C(=O)N1C1CCCCC1N1C(=O)C2C3C=CC(O3)C2C1=O. The van der Waals surface area contributed by atoms with Crippen molar-refractivity contribution < 1.29 is 28.7 Å².